The molecule has 1 atom stereocenters. The fraction of sp³-hybridized carbons (Fsp3) is 0.571. The normalized spacial score (nSPS) is 19.6. The van der Waals surface area contributed by atoms with Gasteiger partial charge in [-0.2, -0.15) is 0 Å². The summed E-state index contributed by atoms with van der Waals surface area (Å²) in [6, 6.07) is 8.89. The smallest absolute Gasteiger partial charge is 0.120 e. The summed E-state index contributed by atoms with van der Waals surface area (Å²) in [5.74, 6) is 0.922. The Balaban J connectivity index is 1.99. The summed E-state index contributed by atoms with van der Waals surface area (Å²) in [6.07, 6.45) is 1.20. The van der Waals surface area contributed by atoms with Crippen LogP contribution in [0.5, 0.6) is 5.75 Å². The molecule has 0 aliphatic carbocycles. The van der Waals surface area contributed by atoms with Gasteiger partial charge in [0.2, 0.25) is 0 Å². The van der Waals surface area contributed by atoms with Gasteiger partial charge in [0.25, 0.3) is 0 Å². The molecule has 2 rings (SSSR count). The van der Waals surface area contributed by atoms with Crippen molar-refractivity contribution in [1.29, 1.82) is 0 Å². The molecule has 0 radical (unpaired) electrons. The van der Waals surface area contributed by atoms with Crippen LogP contribution >= 0.6 is 0 Å². The fourth-order valence-electron chi connectivity index (χ4n) is 2.53. The first-order valence-corrected chi connectivity index (χ1v) is 6.54. The van der Waals surface area contributed by atoms with Gasteiger partial charge in [-0.15, -0.1) is 0 Å². The van der Waals surface area contributed by atoms with E-state index in [-0.39, 0.29) is 0 Å². The molecule has 0 spiro atoms. The summed E-state index contributed by atoms with van der Waals surface area (Å²) in [4.78, 5) is 4.78. The number of hydrogen-bond donors (Lipinski definition) is 1. The zero-order valence-electron chi connectivity index (χ0n) is 11.3. The van der Waals surface area contributed by atoms with Crippen LogP contribution in [0.2, 0.25) is 0 Å². The molecule has 0 bridgehead atoms. The van der Waals surface area contributed by atoms with Gasteiger partial charge in [0.05, 0.1) is 7.11 Å². The van der Waals surface area contributed by atoms with Gasteiger partial charge in [0, 0.05) is 44.0 Å². The lowest BCUT2D eigenvalue weighted by Gasteiger charge is -2.24. The molecule has 2 N–H and O–H groups in total. The van der Waals surface area contributed by atoms with Crippen molar-refractivity contribution in [2.45, 2.75) is 12.5 Å². The van der Waals surface area contributed by atoms with Crippen molar-refractivity contribution in [2.24, 2.45) is 5.73 Å². The zero-order valence-corrected chi connectivity index (χ0v) is 11.3. The molecule has 1 aliphatic heterocycles. The van der Waals surface area contributed by atoms with Gasteiger partial charge < -0.3 is 20.3 Å². The number of rotatable bonds is 5. The molecule has 1 aliphatic rings. The lowest BCUT2D eigenvalue weighted by Crippen LogP contribution is -2.37. The highest BCUT2D eigenvalue weighted by Gasteiger charge is 2.25. The number of nitrogens with zero attached hydrogens (tertiary/aromatic N) is 2. The van der Waals surface area contributed by atoms with Crippen LogP contribution in [0, 0.1) is 0 Å². The van der Waals surface area contributed by atoms with Gasteiger partial charge in [-0.05, 0) is 25.6 Å². The van der Waals surface area contributed by atoms with E-state index in [1.165, 1.54) is 12.1 Å². The van der Waals surface area contributed by atoms with E-state index >= 15 is 0 Å². The Morgan fingerprint density at radius 1 is 1.50 bits per heavy atom. The summed E-state index contributed by atoms with van der Waals surface area (Å²) in [5, 5.41) is 0. The molecule has 18 heavy (non-hydrogen) atoms. The monoisotopic (exact) mass is 249 g/mol. The molecule has 0 amide bonds. The molecule has 1 fully saturated rings. The minimum Gasteiger partial charge on any atom is -0.497 e. The first-order chi connectivity index (χ1) is 8.74. The van der Waals surface area contributed by atoms with Crippen molar-refractivity contribution < 1.29 is 4.74 Å². The summed E-state index contributed by atoms with van der Waals surface area (Å²) < 4.78 is 5.27. The third kappa shape index (κ3) is 2.94. The van der Waals surface area contributed by atoms with Crippen LogP contribution in [0.1, 0.15) is 6.42 Å². The van der Waals surface area contributed by atoms with Gasteiger partial charge in [0.1, 0.15) is 5.75 Å². The van der Waals surface area contributed by atoms with E-state index in [0.717, 1.165) is 31.9 Å². The standard InChI is InChI=1S/C14H23N3O/c1-16(9-7-15)13-6-8-17(11-13)12-4-3-5-14(10-12)18-2/h3-5,10,13H,6-9,11,15H2,1-2H3. The summed E-state index contributed by atoms with van der Waals surface area (Å²) in [5.41, 5.74) is 6.86. The van der Waals surface area contributed by atoms with Gasteiger partial charge in [-0.1, -0.05) is 6.07 Å². The predicted octanol–water partition coefficient (Wildman–Crippen LogP) is 1.16. The zero-order chi connectivity index (χ0) is 13.0. The average Bonchev–Trinajstić information content (AvgIpc) is 2.89. The quantitative estimate of drug-likeness (QED) is 0.850. The van der Waals surface area contributed by atoms with Crippen LogP contribution in [-0.4, -0.2) is 51.3 Å². The molecule has 1 saturated heterocycles. The largest absolute Gasteiger partial charge is 0.497 e. The first-order valence-electron chi connectivity index (χ1n) is 6.54. The molecule has 1 aromatic rings. The topological polar surface area (TPSA) is 41.7 Å². The second-order valence-electron chi connectivity index (χ2n) is 4.86. The Bertz CT molecular complexity index is 383. The van der Waals surface area contributed by atoms with E-state index < -0.39 is 0 Å². The van der Waals surface area contributed by atoms with Crippen molar-refractivity contribution in [3.05, 3.63) is 24.3 Å². The number of hydrogen-bond acceptors (Lipinski definition) is 4. The third-order valence-electron chi connectivity index (χ3n) is 3.69. The molecule has 1 unspecified atom stereocenters. The molecule has 1 heterocycles. The second-order valence-corrected chi connectivity index (χ2v) is 4.86. The highest BCUT2D eigenvalue weighted by atomic mass is 16.5. The number of ether oxygens (including phenoxy) is 1. The van der Waals surface area contributed by atoms with E-state index in [1.807, 2.05) is 12.1 Å². The van der Waals surface area contributed by atoms with Crippen LogP contribution in [0.4, 0.5) is 5.69 Å². The maximum atomic E-state index is 5.61. The summed E-state index contributed by atoms with van der Waals surface area (Å²) in [7, 11) is 3.87. The van der Waals surface area contributed by atoms with Crippen molar-refractivity contribution in [3.63, 3.8) is 0 Å². The van der Waals surface area contributed by atoms with Crippen molar-refractivity contribution in [1.82, 2.24) is 4.90 Å². The van der Waals surface area contributed by atoms with Crippen LogP contribution in [0.15, 0.2) is 24.3 Å². The summed E-state index contributed by atoms with van der Waals surface area (Å²) in [6.45, 7) is 3.87. The molecule has 0 saturated carbocycles. The average molecular weight is 249 g/mol. The predicted molar refractivity (Wildman–Crippen MR) is 75.3 cm³/mol. The highest BCUT2D eigenvalue weighted by molar-refractivity contribution is 5.51. The molecule has 4 nitrogen and oxygen atoms in total. The number of methoxy groups -OCH3 is 1. The molecular formula is C14H23N3O. The second kappa shape index (κ2) is 6.07. The minimum atomic E-state index is 0.611. The van der Waals surface area contributed by atoms with E-state index in [9.17, 15) is 0 Å². The third-order valence-corrected chi connectivity index (χ3v) is 3.69. The van der Waals surface area contributed by atoms with Gasteiger partial charge >= 0.3 is 0 Å². The van der Waals surface area contributed by atoms with E-state index in [0.29, 0.717) is 6.04 Å². The highest BCUT2D eigenvalue weighted by Crippen LogP contribution is 2.25. The Morgan fingerprint density at radius 3 is 3.06 bits per heavy atom. The van der Waals surface area contributed by atoms with E-state index in [4.69, 9.17) is 10.5 Å². The Morgan fingerprint density at radius 2 is 2.33 bits per heavy atom. The van der Waals surface area contributed by atoms with Gasteiger partial charge in [-0.25, -0.2) is 0 Å². The van der Waals surface area contributed by atoms with Crippen LogP contribution in [-0.2, 0) is 0 Å². The first kappa shape index (κ1) is 13.2. The van der Waals surface area contributed by atoms with E-state index in [2.05, 4.69) is 29.0 Å². The number of likely N-dealkylation sites (N-methyl/N-ethyl adjacent to an activating group) is 1. The maximum Gasteiger partial charge on any atom is 0.120 e. The Kier molecular flexibility index (Phi) is 4.44. The lowest BCUT2D eigenvalue weighted by molar-refractivity contribution is 0.266. The Labute approximate surface area is 109 Å². The van der Waals surface area contributed by atoms with Crippen molar-refractivity contribution in [3.8, 4) is 5.75 Å². The number of anilines is 1. The minimum absolute atomic E-state index is 0.611. The van der Waals surface area contributed by atoms with Crippen molar-refractivity contribution in [2.75, 3.05) is 45.2 Å². The lowest BCUT2D eigenvalue weighted by atomic mass is 10.2. The molecular weight excluding hydrogens is 226 g/mol. The van der Waals surface area contributed by atoms with Gasteiger partial charge in [0.15, 0.2) is 0 Å². The van der Waals surface area contributed by atoms with Crippen molar-refractivity contribution >= 4 is 5.69 Å². The number of nitrogens with two attached hydrogens (primary N) is 1. The molecule has 100 valence electrons. The maximum absolute atomic E-state index is 5.61. The fourth-order valence-corrected chi connectivity index (χ4v) is 2.53. The van der Waals surface area contributed by atoms with Crippen LogP contribution in [0.25, 0.3) is 0 Å². The SMILES string of the molecule is COc1cccc(N2CCC(N(C)CCN)C2)c1. The molecule has 0 aromatic heterocycles. The van der Waals surface area contributed by atoms with Gasteiger partial charge in [-0.3, -0.25) is 0 Å². The van der Waals surface area contributed by atoms with E-state index in [1.54, 1.807) is 7.11 Å². The molecule has 4 heteroatoms. The molecule has 1 aromatic carbocycles. The van der Waals surface area contributed by atoms with Crippen LogP contribution < -0.4 is 15.4 Å². The number of benzene rings is 1. The Hall–Kier alpha value is -1.26. The summed E-state index contributed by atoms with van der Waals surface area (Å²) >= 11 is 0. The van der Waals surface area contributed by atoms with Crippen LogP contribution in [0.3, 0.4) is 0 Å².